The molecule has 0 amide bonds. The maximum absolute atomic E-state index is 3.85. The number of thioether (sulfide) groups is 2. The lowest BCUT2D eigenvalue weighted by molar-refractivity contribution is 0.355. The first-order valence-electron chi connectivity index (χ1n) is 6.71. The van der Waals surface area contributed by atoms with Gasteiger partial charge in [0.1, 0.15) is 0 Å². The van der Waals surface area contributed by atoms with Gasteiger partial charge in [0, 0.05) is 17.3 Å². The Morgan fingerprint density at radius 3 is 2.50 bits per heavy atom. The lowest BCUT2D eigenvalue weighted by atomic mass is 9.88. The molecule has 0 aromatic carbocycles. The molecule has 0 aromatic rings. The van der Waals surface area contributed by atoms with Crippen molar-refractivity contribution in [2.45, 2.75) is 55.7 Å². The van der Waals surface area contributed by atoms with Crippen LogP contribution >= 0.6 is 23.5 Å². The third kappa shape index (κ3) is 3.58. The van der Waals surface area contributed by atoms with E-state index in [-0.39, 0.29) is 0 Å². The molecule has 0 bridgehead atoms. The van der Waals surface area contributed by atoms with Crippen LogP contribution in [-0.2, 0) is 0 Å². The minimum atomic E-state index is 0.572. The van der Waals surface area contributed by atoms with Crippen molar-refractivity contribution in [3.05, 3.63) is 0 Å². The van der Waals surface area contributed by atoms with Gasteiger partial charge in [-0.25, -0.2) is 0 Å². The van der Waals surface area contributed by atoms with Crippen molar-refractivity contribution in [2.75, 3.05) is 24.3 Å². The molecule has 1 N–H and O–H groups in total. The normalized spacial score (nSPS) is 26.8. The molecule has 1 saturated heterocycles. The van der Waals surface area contributed by atoms with Gasteiger partial charge in [-0.3, -0.25) is 0 Å². The van der Waals surface area contributed by atoms with Gasteiger partial charge < -0.3 is 5.32 Å². The van der Waals surface area contributed by atoms with Crippen LogP contribution in [0.2, 0.25) is 0 Å². The smallest absolute Gasteiger partial charge is 0.0281 e. The lowest BCUT2D eigenvalue weighted by Gasteiger charge is -2.37. The summed E-state index contributed by atoms with van der Waals surface area (Å²) in [5.41, 5.74) is 0. The average molecular weight is 259 g/mol. The predicted molar refractivity (Wildman–Crippen MR) is 77.7 cm³/mol. The monoisotopic (exact) mass is 259 g/mol. The summed E-state index contributed by atoms with van der Waals surface area (Å²) in [6.45, 7) is 1.25. The van der Waals surface area contributed by atoms with Crippen LogP contribution in [0, 0.1) is 0 Å². The standard InChI is InChI=1S/C13H25NS2/c1-15-13(7-3-2-4-8-13)11-14-12-5-9-16-10-6-12/h12,14H,2-11H2,1H3. The molecular formula is C13H25NS2. The topological polar surface area (TPSA) is 12.0 Å². The Morgan fingerprint density at radius 2 is 1.88 bits per heavy atom. The molecule has 0 radical (unpaired) electrons. The molecule has 0 spiro atoms. The number of hydrogen-bond acceptors (Lipinski definition) is 3. The summed E-state index contributed by atoms with van der Waals surface area (Å²) in [5.74, 6) is 2.73. The SMILES string of the molecule is CSC1(CNC2CCSCC2)CCCCC1. The van der Waals surface area contributed by atoms with E-state index in [2.05, 4.69) is 35.1 Å². The van der Waals surface area contributed by atoms with Crippen LogP contribution in [0.15, 0.2) is 0 Å². The van der Waals surface area contributed by atoms with Gasteiger partial charge in [0.2, 0.25) is 0 Å². The Hall–Kier alpha value is 0.660. The van der Waals surface area contributed by atoms with E-state index in [1.54, 1.807) is 0 Å². The summed E-state index contributed by atoms with van der Waals surface area (Å²) in [4.78, 5) is 0. The van der Waals surface area contributed by atoms with Crippen LogP contribution in [0.4, 0.5) is 0 Å². The van der Waals surface area contributed by atoms with Crippen molar-refractivity contribution in [1.82, 2.24) is 5.32 Å². The average Bonchev–Trinajstić information content (AvgIpc) is 2.39. The predicted octanol–water partition coefficient (Wildman–Crippen LogP) is 3.54. The first-order chi connectivity index (χ1) is 7.85. The van der Waals surface area contributed by atoms with E-state index in [1.807, 2.05) is 0 Å². The maximum Gasteiger partial charge on any atom is 0.0281 e. The first kappa shape index (κ1) is 13.1. The van der Waals surface area contributed by atoms with Crippen LogP contribution in [0.1, 0.15) is 44.9 Å². The van der Waals surface area contributed by atoms with E-state index >= 15 is 0 Å². The molecule has 1 saturated carbocycles. The Balaban J connectivity index is 1.77. The molecule has 1 nitrogen and oxygen atoms in total. The summed E-state index contributed by atoms with van der Waals surface area (Å²) in [7, 11) is 0. The highest BCUT2D eigenvalue weighted by Crippen LogP contribution is 2.38. The zero-order chi connectivity index (χ0) is 11.3. The molecule has 2 fully saturated rings. The molecule has 16 heavy (non-hydrogen) atoms. The lowest BCUT2D eigenvalue weighted by Crippen LogP contribution is -2.44. The highest BCUT2D eigenvalue weighted by atomic mass is 32.2. The fraction of sp³-hybridized carbons (Fsp3) is 1.00. The van der Waals surface area contributed by atoms with E-state index in [0.29, 0.717) is 4.75 Å². The van der Waals surface area contributed by atoms with E-state index in [0.717, 1.165) is 6.04 Å². The minimum Gasteiger partial charge on any atom is -0.313 e. The van der Waals surface area contributed by atoms with Gasteiger partial charge in [-0.05, 0) is 43.4 Å². The van der Waals surface area contributed by atoms with Gasteiger partial charge in [-0.1, -0.05) is 19.3 Å². The van der Waals surface area contributed by atoms with Gasteiger partial charge in [0.25, 0.3) is 0 Å². The Kier molecular flexibility index (Phi) is 5.37. The van der Waals surface area contributed by atoms with Gasteiger partial charge in [0.05, 0.1) is 0 Å². The van der Waals surface area contributed by atoms with E-state index < -0.39 is 0 Å². The Labute approximate surface area is 109 Å². The Morgan fingerprint density at radius 1 is 1.19 bits per heavy atom. The summed E-state index contributed by atoms with van der Waals surface area (Å²) >= 11 is 4.23. The number of hydrogen-bond donors (Lipinski definition) is 1. The summed E-state index contributed by atoms with van der Waals surface area (Å²) in [5, 5.41) is 3.85. The summed E-state index contributed by atoms with van der Waals surface area (Å²) in [6.07, 6.45) is 12.3. The van der Waals surface area contributed by atoms with Gasteiger partial charge in [-0.15, -0.1) is 0 Å². The summed E-state index contributed by atoms with van der Waals surface area (Å²) in [6, 6.07) is 0.812. The van der Waals surface area contributed by atoms with Crippen LogP contribution in [0.5, 0.6) is 0 Å². The largest absolute Gasteiger partial charge is 0.313 e. The van der Waals surface area contributed by atoms with Crippen molar-refractivity contribution in [1.29, 1.82) is 0 Å². The van der Waals surface area contributed by atoms with Crippen LogP contribution in [-0.4, -0.2) is 35.1 Å². The molecule has 0 unspecified atom stereocenters. The zero-order valence-electron chi connectivity index (χ0n) is 10.5. The van der Waals surface area contributed by atoms with Crippen molar-refractivity contribution in [2.24, 2.45) is 0 Å². The van der Waals surface area contributed by atoms with Gasteiger partial charge >= 0.3 is 0 Å². The second-order valence-corrected chi connectivity index (χ2v) is 7.71. The second kappa shape index (κ2) is 6.55. The van der Waals surface area contributed by atoms with Crippen molar-refractivity contribution < 1.29 is 0 Å². The number of nitrogens with one attached hydrogen (secondary N) is 1. The van der Waals surface area contributed by atoms with E-state index in [1.165, 1.54) is 63.0 Å². The molecule has 1 aliphatic heterocycles. The fourth-order valence-electron chi connectivity index (χ4n) is 2.88. The molecule has 3 heteroatoms. The van der Waals surface area contributed by atoms with Crippen LogP contribution in [0.3, 0.4) is 0 Å². The van der Waals surface area contributed by atoms with Gasteiger partial charge in [-0.2, -0.15) is 23.5 Å². The highest BCUT2D eigenvalue weighted by molar-refractivity contribution is 8.00. The maximum atomic E-state index is 3.85. The van der Waals surface area contributed by atoms with E-state index in [4.69, 9.17) is 0 Å². The van der Waals surface area contributed by atoms with Crippen molar-refractivity contribution in [3.8, 4) is 0 Å². The number of rotatable bonds is 4. The second-order valence-electron chi connectivity index (χ2n) is 5.22. The molecule has 2 rings (SSSR count). The van der Waals surface area contributed by atoms with Crippen molar-refractivity contribution >= 4 is 23.5 Å². The van der Waals surface area contributed by atoms with Gasteiger partial charge in [0.15, 0.2) is 0 Å². The zero-order valence-corrected chi connectivity index (χ0v) is 12.1. The van der Waals surface area contributed by atoms with Crippen molar-refractivity contribution in [3.63, 3.8) is 0 Å². The van der Waals surface area contributed by atoms with E-state index in [9.17, 15) is 0 Å². The molecule has 1 heterocycles. The molecule has 2 aliphatic rings. The molecular weight excluding hydrogens is 234 g/mol. The highest BCUT2D eigenvalue weighted by Gasteiger charge is 2.31. The van der Waals surface area contributed by atoms with Crippen LogP contribution in [0.25, 0.3) is 0 Å². The fourth-order valence-corrected chi connectivity index (χ4v) is 4.91. The molecule has 0 aromatic heterocycles. The van der Waals surface area contributed by atoms with Crippen LogP contribution < -0.4 is 5.32 Å². The summed E-state index contributed by atoms with van der Waals surface area (Å²) < 4.78 is 0.572. The Bertz CT molecular complexity index is 196. The third-order valence-electron chi connectivity index (χ3n) is 4.13. The third-order valence-corrected chi connectivity index (χ3v) is 6.60. The molecule has 94 valence electrons. The molecule has 1 aliphatic carbocycles. The first-order valence-corrected chi connectivity index (χ1v) is 9.09. The quantitative estimate of drug-likeness (QED) is 0.829. The minimum absolute atomic E-state index is 0.572. The molecule has 0 atom stereocenters.